The maximum Gasteiger partial charge on any atom is 0.321 e. The third kappa shape index (κ3) is 3.44. The fourth-order valence-corrected chi connectivity index (χ4v) is 2.32. The van der Waals surface area contributed by atoms with Gasteiger partial charge in [-0.05, 0) is 25.0 Å². The highest BCUT2D eigenvalue weighted by molar-refractivity contribution is 5.91. The van der Waals surface area contributed by atoms with Crippen LogP contribution in [0.1, 0.15) is 31.6 Å². The molecule has 1 saturated carbocycles. The van der Waals surface area contributed by atoms with Gasteiger partial charge in [0.1, 0.15) is 5.52 Å². The number of carboxylic acids is 1. The van der Waals surface area contributed by atoms with Crippen LogP contribution in [0.3, 0.4) is 0 Å². The first-order chi connectivity index (χ1) is 10.9. The fourth-order valence-electron chi connectivity index (χ4n) is 2.32. The molecule has 0 bridgehead atoms. The highest BCUT2D eigenvalue weighted by Crippen LogP contribution is 2.40. The molecular formula is C16H19N3O4. The third-order valence-corrected chi connectivity index (χ3v) is 3.90. The zero-order chi connectivity index (χ0) is 16.6. The van der Waals surface area contributed by atoms with Crippen molar-refractivity contribution in [2.24, 2.45) is 5.92 Å². The lowest BCUT2D eigenvalue weighted by Crippen LogP contribution is -2.36. The first kappa shape index (κ1) is 15.3. The summed E-state index contributed by atoms with van der Waals surface area (Å²) in [5.41, 5.74) is 2.01. The van der Waals surface area contributed by atoms with Gasteiger partial charge < -0.3 is 19.7 Å². The van der Waals surface area contributed by atoms with E-state index in [0.29, 0.717) is 17.2 Å². The van der Waals surface area contributed by atoms with Crippen LogP contribution in [-0.2, 0) is 4.79 Å². The molecule has 1 fully saturated rings. The fraction of sp³-hybridized carbons (Fsp3) is 0.438. The summed E-state index contributed by atoms with van der Waals surface area (Å²) in [5, 5.41) is 11.6. The van der Waals surface area contributed by atoms with E-state index in [-0.39, 0.29) is 12.6 Å². The Labute approximate surface area is 133 Å². The monoisotopic (exact) mass is 317 g/mol. The van der Waals surface area contributed by atoms with Gasteiger partial charge in [0, 0.05) is 31.3 Å². The quantitative estimate of drug-likeness (QED) is 0.884. The number of nitrogens with one attached hydrogen (secondary N) is 1. The Morgan fingerprint density at radius 3 is 2.87 bits per heavy atom. The van der Waals surface area contributed by atoms with Crippen molar-refractivity contribution in [2.45, 2.75) is 25.7 Å². The van der Waals surface area contributed by atoms with Crippen molar-refractivity contribution in [3.05, 3.63) is 24.1 Å². The lowest BCUT2D eigenvalue weighted by Gasteiger charge is -2.19. The van der Waals surface area contributed by atoms with Crippen molar-refractivity contribution in [1.29, 1.82) is 0 Å². The number of nitrogens with zero attached hydrogens (tertiary/aromatic N) is 2. The summed E-state index contributed by atoms with van der Waals surface area (Å²) < 4.78 is 5.72. The van der Waals surface area contributed by atoms with E-state index in [2.05, 4.69) is 10.3 Å². The number of hydrogen-bond donors (Lipinski definition) is 2. The minimum atomic E-state index is -0.930. The lowest BCUT2D eigenvalue weighted by atomic mass is 10.2. The number of hydrogen-bond acceptors (Lipinski definition) is 4. The number of amides is 2. The molecule has 3 rings (SSSR count). The van der Waals surface area contributed by atoms with Crippen LogP contribution in [0.4, 0.5) is 10.5 Å². The summed E-state index contributed by atoms with van der Waals surface area (Å²) in [4.78, 5) is 28.7. The molecule has 23 heavy (non-hydrogen) atoms. The number of aromatic nitrogens is 1. The Morgan fingerprint density at radius 1 is 1.48 bits per heavy atom. The van der Waals surface area contributed by atoms with E-state index in [0.717, 1.165) is 24.2 Å². The second-order valence-electron chi connectivity index (χ2n) is 6.06. The Bertz CT molecular complexity index is 751. The number of benzene rings is 1. The third-order valence-electron chi connectivity index (χ3n) is 3.90. The first-order valence-electron chi connectivity index (χ1n) is 7.59. The maximum absolute atomic E-state index is 12.1. The molecule has 0 radical (unpaired) electrons. The maximum atomic E-state index is 12.1. The van der Waals surface area contributed by atoms with Crippen molar-refractivity contribution in [1.82, 2.24) is 9.88 Å². The van der Waals surface area contributed by atoms with Crippen LogP contribution in [0, 0.1) is 5.92 Å². The van der Waals surface area contributed by atoms with Gasteiger partial charge in [0.2, 0.25) is 0 Å². The Morgan fingerprint density at radius 2 is 2.22 bits per heavy atom. The molecule has 1 heterocycles. The highest BCUT2D eigenvalue weighted by atomic mass is 16.4. The number of fused-ring (bicyclic) bond motifs is 1. The average molecular weight is 317 g/mol. The molecule has 1 unspecified atom stereocenters. The van der Waals surface area contributed by atoms with Gasteiger partial charge in [-0.1, -0.05) is 6.92 Å². The van der Waals surface area contributed by atoms with Crippen LogP contribution in [0.25, 0.3) is 11.1 Å². The number of carbonyl (C=O) groups is 2. The summed E-state index contributed by atoms with van der Waals surface area (Å²) in [6, 6.07) is 4.94. The van der Waals surface area contributed by atoms with Gasteiger partial charge in [-0.2, -0.15) is 0 Å². The first-order valence-corrected chi connectivity index (χ1v) is 7.59. The smallest absolute Gasteiger partial charge is 0.321 e. The predicted molar refractivity (Wildman–Crippen MR) is 84.4 cm³/mol. The Balaban J connectivity index is 1.68. The van der Waals surface area contributed by atoms with Crippen LogP contribution in [0.15, 0.2) is 22.6 Å². The second kappa shape index (κ2) is 5.91. The van der Waals surface area contributed by atoms with Gasteiger partial charge in [-0.25, -0.2) is 9.78 Å². The molecule has 1 aromatic carbocycles. The summed E-state index contributed by atoms with van der Waals surface area (Å²) >= 11 is 0. The number of rotatable bonds is 5. The molecule has 1 aliphatic rings. The second-order valence-corrected chi connectivity index (χ2v) is 6.06. The molecule has 1 aliphatic carbocycles. The topological polar surface area (TPSA) is 95.7 Å². The number of carbonyl (C=O) groups excluding carboxylic acids is 1. The van der Waals surface area contributed by atoms with E-state index in [1.165, 1.54) is 4.90 Å². The minimum absolute atomic E-state index is 0.136. The van der Waals surface area contributed by atoms with E-state index in [1.807, 2.05) is 0 Å². The summed E-state index contributed by atoms with van der Waals surface area (Å²) in [6.07, 6.45) is 2.23. The van der Waals surface area contributed by atoms with Gasteiger partial charge in [0.05, 0.1) is 5.92 Å². The average Bonchev–Trinajstić information content (AvgIpc) is 3.26. The number of anilines is 1. The van der Waals surface area contributed by atoms with Crippen LogP contribution in [0.2, 0.25) is 0 Å². The molecule has 122 valence electrons. The normalized spacial score (nSPS) is 15.4. The lowest BCUT2D eigenvalue weighted by molar-refractivity contribution is -0.141. The van der Waals surface area contributed by atoms with E-state index in [1.54, 1.807) is 32.2 Å². The van der Waals surface area contributed by atoms with Crippen molar-refractivity contribution < 1.29 is 19.1 Å². The number of urea groups is 1. The molecule has 1 atom stereocenters. The molecule has 2 aromatic rings. The molecule has 0 spiro atoms. The van der Waals surface area contributed by atoms with Gasteiger partial charge in [-0.15, -0.1) is 0 Å². The Kier molecular flexibility index (Phi) is 3.94. The largest absolute Gasteiger partial charge is 0.481 e. The molecule has 0 saturated heterocycles. The van der Waals surface area contributed by atoms with E-state index in [4.69, 9.17) is 9.52 Å². The van der Waals surface area contributed by atoms with Crippen molar-refractivity contribution in [3.63, 3.8) is 0 Å². The summed E-state index contributed by atoms with van der Waals surface area (Å²) in [7, 11) is 1.56. The van der Waals surface area contributed by atoms with Crippen molar-refractivity contribution >= 4 is 28.8 Å². The number of carboxylic acid groups (broad SMARTS) is 1. The predicted octanol–water partition coefficient (Wildman–Crippen LogP) is 2.89. The summed E-state index contributed by atoms with van der Waals surface area (Å²) in [6.45, 7) is 1.70. The number of oxazole rings is 1. The molecule has 7 heteroatoms. The van der Waals surface area contributed by atoms with E-state index in [9.17, 15) is 9.59 Å². The standard InChI is InChI=1S/C16H19N3O4/c1-9(15(20)21)8-19(2)16(22)17-11-5-6-12-13(7-11)23-14(18-12)10-3-4-10/h5-7,9-10H,3-4,8H2,1-2H3,(H,17,22)(H,20,21). The van der Waals surface area contributed by atoms with Crippen LogP contribution in [0.5, 0.6) is 0 Å². The van der Waals surface area contributed by atoms with Gasteiger partial charge in [0.25, 0.3) is 0 Å². The SMILES string of the molecule is CC(CN(C)C(=O)Nc1ccc2nc(C3CC3)oc2c1)C(=O)O. The number of aliphatic carboxylic acids is 1. The molecule has 2 amide bonds. The van der Waals surface area contributed by atoms with Crippen LogP contribution in [-0.4, -0.2) is 40.6 Å². The molecule has 0 aliphatic heterocycles. The van der Waals surface area contributed by atoms with Crippen molar-refractivity contribution in [3.8, 4) is 0 Å². The van der Waals surface area contributed by atoms with Crippen molar-refractivity contribution in [2.75, 3.05) is 18.9 Å². The minimum Gasteiger partial charge on any atom is -0.481 e. The molecular weight excluding hydrogens is 298 g/mol. The van der Waals surface area contributed by atoms with Crippen LogP contribution < -0.4 is 5.32 Å². The molecule has 7 nitrogen and oxygen atoms in total. The highest BCUT2D eigenvalue weighted by Gasteiger charge is 2.29. The van der Waals surface area contributed by atoms with Gasteiger partial charge in [-0.3, -0.25) is 4.79 Å². The Hall–Kier alpha value is -2.57. The van der Waals surface area contributed by atoms with Gasteiger partial charge >= 0.3 is 12.0 Å². The van der Waals surface area contributed by atoms with Gasteiger partial charge in [0.15, 0.2) is 11.5 Å². The zero-order valence-corrected chi connectivity index (χ0v) is 13.1. The molecule has 2 N–H and O–H groups in total. The molecule has 1 aromatic heterocycles. The zero-order valence-electron chi connectivity index (χ0n) is 13.1. The summed E-state index contributed by atoms with van der Waals surface area (Å²) in [5.74, 6) is -0.358. The van der Waals surface area contributed by atoms with E-state index >= 15 is 0 Å². The van der Waals surface area contributed by atoms with E-state index < -0.39 is 11.9 Å². The van der Waals surface area contributed by atoms with Crippen LogP contribution >= 0.6 is 0 Å².